The summed E-state index contributed by atoms with van der Waals surface area (Å²) < 4.78 is 11.4. The van der Waals surface area contributed by atoms with E-state index < -0.39 is 17.5 Å². The fraction of sp³-hybridized carbons (Fsp3) is 0.640. The van der Waals surface area contributed by atoms with Gasteiger partial charge in [-0.1, -0.05) is 26.8 Å². The summed E-state index contributed by atoms with van der Waals surface area (Å²) >= 11 is 0. The molecule has 1 heterocycles. The molecule has 1 saturated carbocycles. The van der Waals surface area contributed by atoms with E-state index in [1.165, 1.54) is 0 Å². The zero-order valence-electron chi connectivity index (χ0n) is 20.9. The van der Waals surface area contributed by atoms with Gasteiger partial charge in [0.25, 0.3) is 11.8 Å². The first-order chi connectivity index (χ1) is 16.2. The number of amides is 4. The first-order valence-corrected chi connectivity index (χ1v) is 12.3. The van der Waals surface area contributed by atoms with Crippen LogP contribution in [0.15, 0.2) is 18.2 Å². The molecule has 3 rings (SSSR count). The lowest BCUT2D eigenvalue weighted by atomic mass is 9.77. The standard InChI is InChI=1S/C25H38N4O5/c1-6-33-19-9-8-18(14-20(19)34-7-2)22(16(3)4)26-15-21(30)28-29-23(31)25(27-24(29)32)12-10-17(5)11-13-25/h8-9,14,16-17,22,26H,6-7,10-13,15H2,1-5H3,(H,27,32)(H,28,30). The zero-order valence-corrected chi connectivity index (χ0v) is 20.9. The quantitative estimate of drug-likeness (QED) is 0.449. The molecule has 1 atom stereocenters. The second-order valence-corrected chi connectivity index (χ2v) is 9.55. The first kappa shape index (κ1) is 25.8. The molecule has 0 radical (unpaired) electrons. The van der Waals surface area contributed by atoms with Gasteiger partial charge in [-0.15, -0.1) is 0 Å². The van der Waals surface area contributed by atoms with E-state index in [2.05, 4.69) is 36.8 Å². The van der Waals surface area contributed by atoms with Gasteiger partial charge in [0.1, 0.15) is 5.54 Å². The number of benzene rings is 1. The Bertz CT molecular complexity index is 895. The maximum atomic E-state index is 13.0. The van der Waals surface area contributed by atoms with Gasteiger partial charge in [-0.25, -0.2) is 4.79 Å². The lowest BCUT2D eigenvalue weighted by Gasteiger charge is -2.33. The van der Waals surface area contributed by atoms with E-state index in [-0.39, 0.29) is 24.4 Å². The van der Waals surface area contributed by atoms with Crippen molar-refractivity contribution >= 4 is 17.8 Å². The van der Waals surface area contributed by atoms with Crippen molar-refractivity contribution in [2.75, 3.05) is 19.8 Å². The topological polar surface area (TPSA) is 109 Å². The van der Waals surface area contributed by atoms with Crippen molar-refractivity contribution < 1.29 is 23.9 Å². The molecule has 2 aliphatic rings. The minimum Gasteiger partial charge on any atom is -0.490 e. The van der Waals surface area contributed by atoms with Gasteiger partial charge in [-0.3, -0.25) is 15.0 Å². The lowest BCUT2D eigenvalue weighted by molar-refractivity contribution is -0.139. The van der Waals surface area contributed by atoms with Gasteiger partial charge in [0.15, 0.2) is 11.5 Å². The lowest BCUT2D eigenvalue weighted by Crippen LogP contribution is -2.52. The summed E-state index contributed by atoms with van der Waals surface area (Å²) in [4.78, 5) is 38.1. The number of nitrogens with zero attached hydrogens (tertiary/aromatic N) is 1. The Morgan fingerprint density at radius 3 is 2.41 bits per heavy atom. The minimum atomic E-state index is -0.886. The molecule has 1 saturated heterocycles. The monoisotopic (exact) mass is 474 g/mol. The van der Waals surface area contributed by atoms with Gasteiger partial charge < -0.3 is 20.1 Å². The number of hydrogen-bond acceptors (Lipinski definition) is 6. The summed E-state index contributed by atoms with van der Waals surface area (Å²) in [7, 11) is 0. The van der Waals surface area contributed by atoms with Gasteiger partial charge in [0, 0.05) is 6.04 Å². The van der Waals surface area contributed by atoms with Crippen LogP contribution in [-0.2, 0) is 9.59 Å². The summed E-state index contributed by atoms with van der Waals surface area (Å²) in [6.07, 6.45) is 2.94. The van der Waals surface area contributed by atoms with Crippen LogP contribution in [0.1, 0.15) is 71.9 Å². The maximum absolute atomic E-state index is 13.0. The Labute approximate surface area is 201 Å². The van der Waals surface area contributed by atoms with Crippen LogP contribution >= 0.6 is 0 Å². The number of carbonyl (C=O) groups is 3. The van der Waals surface area contributed by atoms with Crippen LogP contribution in [0.4, 0.5) is 4.79 Å². The third-order valence-electron chi connectivity index (χ3n) is 6.60. The van der Waals surface area contributed by atoms with E-state index in [0.717, 1.165) is 23.4 Å². The van der Waals surface area contributed by atoms with Gasteiger partial charge in [-0.2, -0.15) is 5.01 Å². The SMILES string of the molecule is CCOc1ccc(C(NCC(=O)NN2C(=O)NC3(CCC(C)CC3)C2=O)C(C)C)cc1OCC. The molecule has 9 heteroatoms. The van der Waals surface area contributed by atoms with Gasteiger partial charge in [0.05, 0.1) is 19.8 Å². The average molecular weight is 475 g/mol. The predicted octanol–water partition coefficient (Wildman–Crippen LogP) is 3.30. The summed E-state index contributed by atoms with van der Waals surface area (Å²) in [6, 6.07) is 5.04. The van der Waals surface area contributed by atoms with Crippen molar-refractivity contribution in [3.05, 3.63) is 23.8 Å². The number of hydrogen-bond donors (Lipinski definition) is 3. The van der Waals surface area contributed by atoms with Crippen molar-refractivity contribution in [3.63, 3.8) is 0 Å². The molecule has 0 bridgehead atoms. The highest BCUT2D eigenvalue weighted by Gasteiger charge is 2.52. The van der Waals surface area contributed by atoms with Crippen molar-refractivity contribution in [2.24, 2.45) is 11.8 Å². The number of imide groups is 1. The van der Waals surface area contributed by atoms with Crippen LogP contribution in [0.5, 0.6) is 11.5 Å². The van der Waals surface area contributed by atoms with Crippen LogP contribution in [-0.4, -0.2) is 48.2 Å². The largest absolute Gasteiger partial charge is 0.490 e. The second kappa shape index (κ2) is 11.1. The number of ether oxygens (including phenoxy) is 2. The van der Waals surface area contributed by atoms with Crippen LogP contribution in [0, 0.1) is 11.8 Å². The van der Waals surface area contributed by atoms with Gasteiger partial charge >= 0.3 is 6.03 Å². The Kier molecular flexibility index (Phi) is 8.41. The third kappa shape index (κ3) is 5.63. The van der Waals surface area contributed by atoms with E-state index in [0.29, 0.717) is 43.5 Å². The molecule has 1 unspecified atom stereocenters. The van der Waals surface area contributed by atoms with Crippen molar-refractivity contribution in [1.82, 2.24) is 21.1 Å². The first-order valence-electron chi connectivity index (χ1n) is 12.3. The van der Waals surface area contributed by atoms with Crippen molar-refractivity contribution in [1.29, 1.82) is 0 Å². The van der Waals surface area contributed by atoms with Crippen LogP contribution in [0.2, 0.25) is 0 Å². The number of nitrogens with one attached hydrogen (secondary N) is 3. The van der Waals surface area contributed by atoms with Gasteiger partial charge in [0.2, 0.25) is 0 Å². The third-order valence-corrected chi connectivity index (χ3v) is 6.60. The summed E-state index contributed by atoms with van der Waals surface area (Å²) in [5, 5.41) is 6.91. The molecular weight excluding hydrogens is 436 g/mol. The molecule has 0 aromatic heterocycles. The Morgan fingerprint density at radius 2 is 1.79 bits per heavy atom. The molecule has 1 aromatic carbocycles. The van der Waals surface area contributed by atoms with Crippen LogP contribution in [0.3, 0.4) is 0 Å². The predicted molar refractivity (Wildman–Crippen MR) is 128 cm³/mol. The molecule has 1 spiro atoms. The average Bonchev–Trinajstić information content (AvgIpc) is 3.02. The molecule has 1 aromatic rings. The Morgan fingerprint density at radius 1 is 1.15 bits per heavy atom. The zero-order chi connectivity index (χ0) is 24.9. The van der Waals surface area contributed by atoms with Crippen LogP contribution in [0.25, 0.3) is 0 Å². The second-order valence-electron chi connectivity index (χ2n) is 9.55. The molecule has 3 N–H and O–H groups in total. The highest BCUT2D eigenvalue weighted by Crippen LogP contribution is 2.36. The Balaban J connectivity index is 1.64. The number of rotatable bonds is 10. The molecule has 1 aliphatic carbocycles. The summed E-state index contributed by atoms with van der Waals surface area (Å²) in [5.74, 6) is 1.21. The van der Waals surface area contributed by atoms with E-state index in [9.17, 15) is 14.4 Å². The van der Waals surface area contributed by atoms with Crippen molar-refractivity contribution in [2.45, 2.75) is 71.9 Å². The minimum absolute atomic E-state index is 0.0544. The normalized spacial score (nSPS) is 23.2. The Hall–Kier alpha value is -2.81. The number of carbonyl (C=O) groups excluding carboxylic acids is 3. The number of urea groups is 1. The maximum Gasteiger partial charge on any atom is 0.344 e. The summed E-state index contributed by atoms with van der Waals surface area (Å²) in [5.41, 5.74) is 2.56. The molecule has 9 nitrogen and oxygen atoms in total. The summed E-state index contributed by atoms with van der Waals surface area (Å²) in [6.45, 7) is 11.1. The molecule has 2 fully saturated rings. The van der Waals surface area contributed by atoms with E-state index >= 15 is 0 Å². The smallest absolute Gasteiger partial charge is 0.344 e. The molecular formula is C25H38N4O5. The fourth-order valence-corrected chi connectivity index (χ4v) is 4.68. The van der Waals surface area contributed by atoms with E-state index in [1.807, 2.05) is 32.0 Å². The van der Waals surface area contributed by atoms with E-state index in [1.54, 1.807) is 0 Å². The van der Waals surface area contributed by atoms with Crippen molar-refractivity contribution in [3.8, 4) is 11.5 Å². The van der Waals surface area contributed by atoms with Gasteiger partial charge in [-0.05, 0) is 69.1 Å². The highest BCUT2D eigenvalue weighted by molar-refractivity contribution is 6.08. The molecule has 4 amide bonds. The molecule has 188 valence electrons. The highest BCUT2D eigenvalue weighted by atomic mass is 16.5. The van der Waals surface area contributed by atoms with E-state index in [4.69, 9.17) is 9.47 Å². The fourth-order valence-electron chi connectivity index (χ4n) is 4.68. The molecule has 34 heavy (non-hydrogen) atoms. The van der Waals surface area contributed by atoms with Crippen LogP contribution < -0.4 is 25.5 Å². The number of hydrazine groups is 1. The molecule has 1 aliphatic heterocycles.